The van der Waals surface area contributed by atoms with Crippen LogP contribution in [0.2, 0.25) is 5.02 Å². The van der Waals surface area contributed by atoms with E-state index >= 15 is 0 Å². The lowest BCUT2D eigenvalue weighted by molar-refractivity contribution is -0.121. The Morgan fingerprint density at radius 3 is 2.45 bits per heavy atom. The molecule has 0 aliphatic heterocycles. The number of halogens is 1. The summed E-state index contributed by atoms with van der Waals surface area (Å²) in [5.41, 5.74) is 1.43. The second-order valence-electron chi connectivity index (χ2n) is 7.05. The SMILES string of the molecule is CC(C)c1ccccc1OCCNC(=O)[C@H](C)N(c1cccc(Cl)c1)S(C)(=O)=O. The molecule has 1 amide bonds. The number of benzene rings is 2. The first kappa shape index (κ1) is 23.0. The number of hydrogen-bond acceptors (Lipinski definition) is 4. The van der Waals surface area contributed by atoms with Crippen molar-refractivity contribution in [3.63, 3.8) is 0 Å². The summed E-state index contributed by atoms with van der Waals surface area (Å²) in [6.07, 6.45) is 1.06. The third-order valence-corrected chi connectivity index (χ3v) is 5.83. The van der Waals surface area contributed by atoms with Gasteiger partial charge < -0.3 is 10.1 Å². The second kappa shape index (κ2) is 9.98. The highest BCUT2D eigenvalue weighted by Gasteiger charge is 2.29. The van der Waals surface area contributed by atoms with Gasteiger partial charge in [0.2, 0.25) is 15.9 Å². The van der Waals surface area contributed by atoms with Crippen molar-refractivity contribution in [1.82, 2.24) is 5.32 Å². The van der Waals surface area contributed by atoms with Crippen LogP contribution in [0.5, 0.6) is 5.75 Å². The van der Waals surface area contributed by atoms with Gasteiger partial charge in [-0.25, -0.2) is 8.42 Å². The lowest BCUT2D eigenvalue weighted by Crippen LogP contribution is -2.48. The Morgan fingerprint density at radius 2 is 1.83 bits per heavy atom. The molecule has 0 saturated heterocycles. The maximum Gasteiger partial charge on any atom is 0.243 e. The molecule has 2 aromatic rings. The number of para-hydroxylation sites is 1. The highest BCUT2D eigenvalue weighted by molar-refractivity contribution is 7.92. The number of carbonyl (C=O) groups is 1. The number of amides is 1. The molecular formula is C21H27ClN2O4S. The summed E-state index contributed by atoms with van der Waals surface area (Å²) < 4.78 is 31.4. The molecule has 0 spiro atoms. The molecule has 8 heteroatoms. The molecule has 6 nitrogen and oxygen atoms in total. The van der Waals surface area contributed by atoms with Crippen LogP contribution in [-0.2, 0) is 14.8 Å². The Labute approximate surface area is 177 Å². The van der Waals surface area contributed by atoms with Crippen LogP contribution in [0.25, 0.3) is 0 Å². The number of hydrogen-bond donors (Lipinski definition) is 1. The topological polar surface area (TPSA) is 75.7 Å². The van der Waals surface area contributed by atoms with E-state index < -0.39 is 22.0 Å². The number of carbonyl (C=O) groups excluding carboxylic acids is 1. The van der Waals surface area contributed by atoms with Crippen LogP contribution in [-0.4, -0.2) is 39.8 Å². The van der Waals surface area contributed by atoms with Gasteiger partial charge in [-0.15, -0.1) is 0 Å². The molecule has 158 valence electrons. The van der Waals surface area contributed by atoms with E-state index in [9.17, 15) is 13.2 Å². The van der Waals surface area contributed by atoms with Gasteiger partial charge in [-0.2, -0.15) is 0 Å². The molecule has 0 fully saturated rings. The van der Waals surface area contributed by atoms with Gasteiger partial charge in [-0.05, 0) is 42.7 Å². The molecule has 0 unspecified atom stereocenters. The number of anilines is 1. The third kappa shape index (κ3) is 6.37. The van der Waals surface area contributed by atoms with E-state index in [2.05, 4.69) is 19.2 Å². The normalized spacial score (nSPS) is 12.5. The fourth-order valence-electron chi connectivity index (χ4n) is 2.99. The van der Waals surface area contributed by atoms with Gasteiger partial charge in [0, 0.05) is 5.02 Å². The smallest absolute Gasteiger partial charge is 0.243 e. The van der Waals surface area contributed by atoms with E-state index in [0.29, 0.717) is 16.6 Å². The Balaban J connectivity index is 2.00. The predicted molar refractivity (Wildman–Crippen MR) is 117 cm³/mol. The fourth-order valence-corrected chi connectivity index (χ4v) is 4.35. The zero-order valence-corrected chi connectivity index (χ0v) is 18.6. The van der Waals surface area contributed by atoms with Gasteiger partial charge in [0.15, 0.2) is 0 Å². The summed E-state index contributed by atoms with van der Waals surface area (Å²) in [7, 11) is -3.69. The summed E-state index contributed by atoms with van der Waals surface area (Å²) in [6.45, 7) is 6.23. The lowest BCUT2D eigenvalue weighted by atomic mass is 10.0. The van der Waals surface area contributed by atoms with Crippen molar-refractivity contribution >= 4 is 33.2 Å². The Kier molecular flexibility index (Phi) is 7.93. The van der Waals surface area contributed by atoms with Crippen LogP contribution >= 0.6 is 11.6 Å². The van der Waals surface area contributed by atoms with E-state index in [0.717, 1.165) is 21.9 Å². The Hall–Kier alpha value is -2.25. The minimum atomic E-state index is -3.69. The third-order valence-electron chi connectivity index (χ3n) is 4.35. The highest BCUT2D eigenvalue weighted by atomic mass is 35.5. The van der Waals surface area contributed by atoms with Crippen molar-refractivity contribution in [2.75, 3.05) is 23.7 Å². The first-order valence-corrected chi connectivity index (χ1v) is 11.6. The second-order valence-corrected chi connectivity index (χ2v) is 9.34. The number of rotatable bonds is 9. The van der Waals surface area contributed by atoms with E-state index in [4.69, 9.17) is 16.3 Å². The maximum absolute atomic E-state index is 12.6. The van der Waals surface area contributed by atoms with Gasteiger partial charge in [0.05, 0.1) is 18.5 Å². The quantitative estimate of drug-likeness (QED) is 0.604. The number of sulfonamides is 1. The van der Waals surface area contributed by atoms with Crippen LogP contribution in [0.15, 0.2) is 48.5 Å². The van der Waals surface area contributed by atoms with Crippen molar-refractivity contribution < 1.29 is 17.9 Å². The summed E-state index contributed by atoms with van der Waals surface area (Å²) in [6, 6.07) is 13.2. The summed E-state index contributed by atoms with van der Waals surface area (Å²) in [4.78, 5) is 12.6. The first-order chi connectivity index (χ1) is 13.6. The van der Waals surface area contributed by atoms with Crippen LogP contribution in [0.1, 0.15) is 32.3 Å². The average molecular weight is 439 g/mol. The Bertz CT molecular complexity index is 947. The lowest BCUT2D eigenvalue weighted by Gasteiger charge is -2.28. The molecular weight excluding hydrogens is 412 g/mol. The molecule has 0 aromatic heterocycles. The molecule has 1 atom stereocenters. The van der Waals surface area contributed by atoms with Crippen molar-refractivity contribution in [3.05, 3.63) is 59.1 Å². The van der Waals surface area contributed by atoms with Crippen LogP contribution < -0.4 is 14.4 Å². The summed E-state index contributed by atoms with van der Waals surface area (Å²) in [5, 5.41) is 3.13. The zero-order valence-electron chi connectivity index (χ0n) is 17.1. The minimum Gasteiger partial charge on any atom is -0.491 e. The van der Waals surface area contributed by atoms with Crippen LogP contribution in [0.4, 0.5) is 5.69 Å². The molecule has 1 N–H and O–H groups in total. The van der Waals surface area contributed by atoms with Crippen LogP contribution in [0.3, 0.4) is 0 Å². The van der Waals surface area contributed by atoms with Crippen molar-refractivity contribution in [2.24, 2.45) is 0 Å². The molecule has 0 aliphatic carbocycles. The van der Waals surface area contributed by atoms with Gasteiger partial charge in [-0.1, -0.05) is 49.7 Å². The summed E-state index contributed by atoms with van der Waals surface area (Å²) >= 11 is 5.98. The van der Waals surface area contributed by atoms with Gasteiger partial charge in [0.1, 0.15) is 18.4 Å². The highest BCUT2D eigenvalue weighted by Crippen LogP contribution is 2.26. The van der Waals surface area contributed by atoms with E-state index in [1.54, 1.807) is 18.2 Å². The predicted octanol–water partition coefficient (Wildman–Crippen LogP) is 3.81. The molecule has 2 aromatic carbocycles. The first-order valence-electron chi connectivity index (χ1n) is 9.35. The summed E-state index contributed by atoms with van der Waals surface area (Å²) in [5.74, 6) is 0.680. The van der Waals surface area contributed by atoms with Gasteiger partial charge >= 0.3 is 0 Å². The monoisotopic (exact) mass is 438 g/mol. The zero-order chi connectivity index (χ0) is 21.6. The average Bonchev–Trinajstić information content (AvgIpc) is 2.64. The Morgan fingerprint density at radius 1 is 1.14 bits per heavy atom. The number of nitrogens with one attached hydrogen (secondary N) is 1. The molecule has 29 heavy (non-hydrogen) atoms. The van der Waals surface area contributed by atoms with Crippen molar-refractivity contribution in [2.45, 2.75) is 32.7 Å². The van der Waals surface area contributed by atoms with Gasteiger partial charge in [-0.3, -0.25) is 9.10 Å². The standard InChI is InChI=1S/C21H27ClN2O4S/c1-15(2)19-10-5-6-11-20(19)28-13-12-23-21(25)16(3)24(29(4,26)27)18-9-7-8-17(22)14-18/h5-11,14-16H,12-13H2,1-4H3,(H,23,25)/t16-/m0/s1. The molecule has 0 heterocycles. The molecule has 0 bridgehead atoms. The largest absolute Gasteiger partial charge is 0.491 e. The molecule has 0 radical (unpaired) electrons. The van der Waals surface area contributed by atoms with Gasteiger partial charge in [0.25, 0.3) is 0 Å². The molecule has 2 rings (SSSR count). The van der Waals surface area contributed by atoms with Crippen molar-refractivity contribution in [3.8, 4) is 5.75 Å². The van der Waals surface area contributed by atoms with E-state index in [-0.39, 0.29) is 13.2 Å². The fraction of sp³-hybridized carbons (Fsp3) is 0.381. The van der Waals surface area contributed by atoms with Crippen LogP contribution in [0, 0.1) is 0 Å². The number of ether oxygens (including phenoxy) is 1. The minimum absolute atomic E-state index is 0.253. The molecule has 0 aliphatic rings. The van der Waals surface area contributed by atoms with Crippen molar-refractivity contribution in [1.29, 1.82) is 0 Å². The maximum atomic E-state index is 12.6. The van der Waals surface area contributed by atoms with E-state index in [1.807, 2.05) is 24.3 Å². The van der Waals surface area contributed by atoms with E-state index in [1.165, 1.54) is 13.0 Å². The number of nitrogens with zero attached hydrogens (tertiary/aromatic N) is 1. The molecule has 0 saturated carbocycles.